The first-order chi connectivity index (χ1) is 8.91. The predicted octanol–water partition coefficient (Wildman–Crippen LogP) is 2.62. The maximum Gasteiger partial charge on any atom is 0.234 e. The summed E-state index contributed by atoms with van der Waals surface area (Å²) in [5, 5.41) is 15.1. The average Bonchev–Trinajstić information content (AvgIpc) is 2.46. The number of hydrogen-bond acceptors (Lipinski definition) is 3. The van der Waals surface area contributed by atoms with Crippen molar-refractivity contribution < 1.29 is 10.0 Å². The van der Waals surface area contributed by atoms with Gasteiger partial charge in [0.25, 0.3) is 0 Å². The van der Waals surface area contributed by atoms with E-state index in [1.807, 2.05) is 13.8 Å². The van der Waals surface area contributed by atoms with Crippen molar-refractivity contribution in [3.63, 3.8) is 0 Å². The molecule has 112 valence electrons. The SMILES string of the molecule is CCC(CC)(CC)NC(=O)C(CC)(CC)C(N)=NO. The first-order valence-corrected chi connectivity index (χ1v) is 7.22. The summed E-state index contributed by atoms with van der Waals surface area (Å²) >= 11 is 0. The van der Waals surface area contributed by atoms with Crippen LogP contribution in [0.15, 0.2) is 5.16 Å². The lowest BCUT2D eigenvalue weighted by atomic mass is 9.78. The molecule has 5 nitrogen and oxygen atoms in total. The van der Waals surface area contributed by atoms with Crippen molar-refractivity contribution in [2.24, 2.45) is 16.3 Å². The number of hydrogen-bond donors (Lipinski definition) is 3. The largest absolute Gasteiger partial charge is 0.409 e. The molecule has 0 spiro atoms. The Kier molecular flexibility index (Phi) is 6.87. The van der Waals surface area contributed by atoms with E-state index in [2.05, 4.69) is 31.2 Å². The molecule has 1 amide bonds. The number of carbonyl (C=O) groups excluding carboxylic acids is 1. The van der Waals surface area contributed by atoms with E-state index >= 15 is 0 Å². The molecule has 0 atom stereocenters. The van der Waals surface area contributed by atoms with Crippen LogP contribution in [0.2, 0.25) is 0 Å². The van der Waals surface area contributed by atoms with Crippen LogP contribution in [0, 0.1) is 5.41 Å². The third-order valence-corrected chi connectivity index (χ3v) is 4.65. The van der Waals surface area contributed by atoms with Crippen molar-refractivity contribution in [2.75, 3.05) is 0 Å². The Morgan fingerprint density at radius 2 is 1.47 bits per heavy atom. The maximum atomic E-state index is 12.6. The highest BCUT2D eigenvalue weighted by atomic mass is 16.4. The second kappa shape index (κ2) is 7.36. The zero-order chi connectivity index (χ0) is 15.1. The zero-order valence-electron chi connectivity index (χ0n) is 12.9. The Bertz CT molecular complexity index is 310. The molecule has 0 saturated carbocycles. The van der Waals surface area contributed by atoms with Crippen LogP contribution in [0.25, 0.3) is 0 Å². The van der Waals surface area contributed by atoms with E-state index in [1.54, 1.807) is 0 Å². The summed E-state index contributed by atoms with van der Waals surface area (Å²) in [7, 11) is 0. The minimum absolute atomic E-state index is 0.00721. The van der Waals surface area contributed by atoms with Gasteiger partial charge in [0.1, 0.15) is 5.41 Å². The number of oxime groups is 1. The first kappa shape index (κ1) is 17.7. The van der Waals surface area contributed by atoms with Crippen molar-refractivity contribution >= 4 is 11.7 Å². The van der Waals surface area contributed by atoms with E-state index in [0.717, 1.165) is 19.3 Å². The van der Waals surface area contributed by atoms with Gasteiger partial charge >= 0.3 is 0 Å². The van der Waals surface area contributed by atoms with Gasteiger partial charge in [0.15, 0.2) is 5.84 Å². The number of carbonyl (C=O) groups is 1. The molecule has 0 heterocycles. The number of amides is 1. The van der Waals surface area contributed by atoms with Crippen molar-refractivity contribution in [2.45, 2.75) is 72.3 Å². The molecular formula is C14H29N3O2. The van der Waals surface area contributed by atoms with Crippen LogP contribution in [0.3, 0.4) is 0 Å². The predicted molar refractivity (Wildman–Crippen MR) is 78.2 cm³/mol. The summed E-state index contributed by atoms with van der Waals surface area (Å²) in [6, 6.07) is 0. The number of amidine groups is 1. The van der Waals surface area contributed by atoms with Crippen molar-refractivity contribution in [1.82, 2.24) is 5.32 Å². The van der Waals surface area contributed by atoms with E-state index in [1.165, 1.54) is 0 Å². The highest BCUT2D eigenvalue weighted by molar-refractivity contribution is 6.06. The van der Waals surface area contributed by atoms with Gasteiger partial charge in [-0.05, 0) is 32.1 Å². The molecule has 0 saturated heterocycles. The lowest BCUT2D eigenvalue weighted by molar-refractivity contribution is -0.130. The minimum Gasteiger partial charge on any atom is -0.409 e. The quantitative estimate of drug-likeness (QED) is 0.274. The lowest BCUT2D eigenvalue weighted by Crippen LogP contribution is -2.56. The fraction of sp³-hybridized carbons (Fsp3) is 0.857. The minimum atomic E-state index is -0.917. The molecule has 0 bridgehead atoms. The van der Waals surface area contributed by atoms with Crippen molar-refractivity contribution in [3.8, 4) is 0 Å². The summed E-state index contributed by atoms with van der Waals surface area (Å²) in [5.74, 6) is -0.148. The molecule has 19 heavy (non-hydrogen) atoms. The Morgan fingerprint density at radius 1 is 1.05 bits per heavy atom. The molecule has 0 aliphatic rings. The summed E-state index contributed by atoms with van der Waals surface area (Å²) in [6.07, 6.45) is 3.62. The van der Waals surface area contributed by atoms with Gasteiger partial charge in [0.05, 0.1) is 0 Å². The van der Waals surface area contributed by atoms with Gasteiger partial charge in [-0.3, -0.25) is 4.79 Å². The molecule has 0 rings (SSSR count). The normalized spacial score (nSPS) is 13.4. The Balaban J connectivity index is 5.35. The Labute approximate surface area is 116 Å². The third-order valence-electron chi connectivity index (χ3n) is 4.65. The van der Waals surface area contributed by atoms with Crippen LogP contribution in [0.5, 0.6) is 0 Å². The standard InChI is InChI=1S/C14H29N3O2/c1-6-13(7-2,8-3)16-12(18)14(9-4,10-5)11(15)17-19/h19H,6-10H2,1-5H3,(H2,15,17)(H,16,18). The fourth-order valence-corrected chi connectivity index (χ4v) is 2.52. The Morgan fingerprint density at radius 3 is 1.74 bits per heavy atom. The van der Waals surface area contributed by atoms with Gasteiger partial charge in [-0.1, -0.05) is 39.8 Å². The summed E-state index contributed by atoms with van der Waals surface area (Å²) in [5.41, 5.74) is 4.63. The van der Waals surface area contributed by atoms with E-state index in [0.29, 0.717) is 12.8 Å². The van der Waals surface area contributed by atoms with E-state index in [-0.39, 0.29) is 17.3 Å². The molecule has 0 aliphatic heterocycles. The zero-order valence-corrected chi connectivity index (χ0v) is 12.9. The molecule has 5 heteroatoms. The van der Waals surface area contributed by atoms with Crippen LogP contribution in [0.4, 0.5) is 0 Å². The van der Waals surface area contributed by atoms with Gasteiger partial charge in [0.2, 0.25) is 5.91 Å². The average molecular weight is 271 g/mol. The van der Waals surface area contributed by atoms with Crippen LogP contribution in [-0.2, 0) is 4.79 Å². The van der Waals surface area contributed by atoms with Gasteiger partial charge in [-0.25, -0.2) is 0 Å². The molecular weight excluding hydrogens is 242 g/mol. The van der Waals surface area contributed by atoms with Crippen LogP contribution in [0.1, 0.15) is 66.7 Å². The molecule has 4 N–H and O–H groups in total. The highest BCUT2D eigenvalue weighted by Crippen LogP contribution is 2.30. The second-order valence-electron chi connectivity index (χ2n) is 5.07. The molecule has 0 radical (unpaired) electrons. The highest BCUT2D eigenvalue weighted by Gasteiger charge is 2.42. The second-order valence-corrected chi connectivity index (χ2v) is 5.07. The lowest BCUT2D eigenvalue weighted by Gasteiger charge is -2.37. The van der Waals surface area contributed by atoms with E-state index in [4.69, 9.17) is 10.9 Å². The molecule has 0 unspecified atom stereocenters. The maximum absolute atomic E-state index is 12.6. The molecule has 0 aromatic heterocycles. The first-order valence-electron chi connectivity index (χ1n) is 7.22. The number of nitrogens with two attached hydrogens (primary N) is 1. The smallest absolute Gasteiger partial charge is 0.234 e. The monoisotopic (exact) mass is 271 g/mol. The third kappa shape index (κ3) is 3.39. The number of nitrogens with zero attached hydrogens (tertiary/aromatic N) is 1. The number of nitrogens with one attached hydrogen (secondary N) is 1. The van der Waals surface area contributed by atoms with Crippen molar-refractivity contribution in [1.29, 1.82) is 0 Å². The summed E-state index contributed by atoms with van der Waals surface area (Å²) in [6.45, 7) is 9.96. The van der Waals surface area contributed by atoms with Gasteiger partial charge < -0.3 is 16.3 Å². The molecule has 0 aromatic rings. The van der Waals surface area contributed by atoms with Crippen molar-refractivity contribution in [3.05, 3.63) is 0 Å². The molecule has 0 fully saturated rings. The molecule has 0 aromatic carbocycles. The van der Waals surface area contributed by atoms with Gasteiger partial charge in [-0.15, -0.1) is 0 Å². The summed E-state index contributed by atoms with van der Waals surface area (Å²) in [4.78, 5) is 12.6. The number of rotatable bonds is 8. The molecule has 0 aliphatic carbocycles. The van der Waals surface area contributed by atoms with E-state index < -0.39 is 5.41 Å². The van der Waals surface area contributed by atoms with Gasteiger partial charge in [-0.2, -0.15) is 0 Å². The topological polar surface area (TPSA) is 87.7 Å². The van der Waals surface area contributed by atoms with Gasteiger partial charge in [0, 0.05) is 5.54 Å². The van der Waals surface area contributed by atoms with Crippen LogP contribution < -0.4 is 11.1 Å². The fourth-order valence-electron chi connectivity index (χ4n) is 2.52. The summed E-state index contributed by atoms with van der Waals surface area (Å²) < 4.78 is 0. The Hall–Kier alpha value is -1.26. The van der Waals surface area contributed by atoms with Crippen LogP contribution >= 0.6 is 0 Å². The van der Waals surface area contributed by atoms with E-state index in [9.17, 15) is 4.79 Å². The van der Waals surface area contributed by atoms with Crippen LogP contribution in [-0.4, -0.2) is 22.5 Å².